The Balaban J connectivity index is 1.34. The molecule has 7 heteroatoms. The van der Waals surface area contributed by atoms with Crippen LogP contribution in [0.5, 0.6) is 0 Å². The number of H-pyrrole nitrogens is 1. The van der Waals surface area contributed by atoms with E-state index >= 15 is 0 Å². The lowest BCUT2D eigenvalue weighted by Gasteiger charge is -2.17. The SMILES string of the molecule is COC[C@@H]1CN(C(=O)NCCc2ccccc2)C[C@H]1c1nc(C2CC2)n[nH]1. The van der Waals surface area contributed by atoms with Crippen LogP contribution in [0.4, 0.5) is 4.79 Å². The number of amides is 2. The summed E-state index contributed by atoms with van der Waals surface area (Å²) in [7, 11) is 1.70. The first kappa shape index (κ1) is 18.0. The van der Waals surface area contributed by atoms with Crippen LogP contribution in [0.2, 0.25) is 0 Å². The Bertz CT molecular complexity index is 759. The van der Waals surface area contributed by atoms with E-state index in [1.165, 1.54) is 18.4 Å². The minimum absolute atomic E-state index is 0.0172. The van der Waals surface area contributed by atoms with Gasteiger partial charge >= 0.3 is 6.03 Å². The number of nitrogens with zero attached hydrogens (tertiary/aromatic N) is 3. The van der Waals surface area contributed by atoms with Crippen LogP contribution in [0.1, 0.15) is 41.9 Å². The van der Waals surface area contributed by atoms with E-state index in [2.05, 4.69) is 27.6 Å². The molecule has 144 valence electrons. The second kappa shape index (κ2) is 8.08. The second-order valence-electron chi connectivity index (χ2n) is 7.55. The third-order valence-electron chi connectivity index (χ3n) is 5.46. The molecule has 0 bridgehead atoms. The molecular weight excluding hydrogens is 342 g/mol. The molecule has 2 amide bonds. The number of hydrogen-bond donors (Lipinski definition) is 2. The van der Waals surface area contributed by atoms with Gasteiger partial charge in [0.05, 0.1) is 6.61 Å². The zero-order valence-electron chi connectivity index (χ0n) is 15.7. The molecule has 0 spiro atoms. The number of carbonyl (C=O) groups is 1. The van der Waals surface area contributed by atoms with Gasteiger partial charge in [-0.2, -0.15) is 5.10 Å². The lowest BCUT2D eigenvalue weighted by atomic mass is 9.96. The maximum Gasteiger partial charge on any atom is 0.317 e. The Morgan fingerprint density at radius 1 is 1.30 bits per heavy atom. The van der Waals surface area contributed by atoms with Crippen molar-refractivity contribution in [3.63, 3.8) is 0 Å². The van der Waals surface area contributed by atoms with Gasteiger partial charge in [0, 0.05) is 44.5 Å². The molecule has 1 aliphatic carbocycles. The summed E-state index contributed by atoms with van der Waals surface area (Å²) in [5, 5.41) is 10.5. The van der Waals surface area contributed by atoms with Gasteiger partial charge in [0.2, 0.25) is 0 Å². The van der Waals surface area contributed by atoms with Crippen molar-refractivity contribution in [2.75, 3.05) is 33.4 Å². The summed E-state index contributed by atoms with van der Waals surface area (Å²) in [6.07, 6.45) is 3.19. The van der Waals surface area contributed by atoms with E-state index in [1.807, 2.05) is 23.1 Å². The van der Waals surface area contributed by atoms with Gasteiger partial charge in [-0.15, -0.1) is 0 Å². The lowest BCUT2D eigenvalue weighted by molar-refractivity contribution is 0.147. The number of carbonyl (C=O) groups excluding carboxylic acids is 1. The van der Waals surface area contributed by atoms with Gasteiger partial charge in [-0.25, -0.2) is 9.78 Å². The molecule has 1 saturated heterocycles. The van der Waals surface area contributed by atoms with Crippen LogP contribution in [0.15, 0.2) is 30.3 Å². The monoisotopic (exact) mass is 369 g/mol. The van der Waals surface area contributed by atoms with Gasteiger partial charge in [0.15, 0.2) is 5.82 Å². The van der Waals surface area contributed by atoms with Crippen molar-refractivity contribution in [3.05, 3.63) is 47.5 Å². The lowest BCUT2D eigenvalue weighted by Crippen LogP contribution is -2.39. The molecule has 2 atom stereocenters. The highest BCUT2D eigenvalue weighted by Crippen LogP contribution is 2.39. The minimum Gasteiger partial charge on any atom is -0.384 e. The highest BCUT2D eigenvalue weighted by atomic mass is 16.5. The number of methoxy groups -OCH3 is 1. The number of rotatable bonds is 7. The van der Waals surface area contributed by atoms with Gasteiger partial charge in [-0.3, -0.25) is 5.10 Å². The molecule has 7 nitrogen and oxygen atoms in total. The zero-order chi connectivity index (χ0) is 18.6. The smallest absolute Gasteiger partial charge is 0.317 e. The third-order valence-corrected chi connectivity index (χ3v) is 5.46. The number of hydrogen-bond acceptors (Lipinski definition) is 4. The fraction of sp³-hybridized carbons (Fsp3) is 0.550. The van der Waals surface area contributed by atoms with E-state index < -0.39 is 0 Å². The number of aromatic amines is 1. The summed E-state index contributed by atoms with van der Waals surface area (Å²) >= 11 is 0. The fourth-order valence-corrected chi connectivity index (χ4v) is 3.78. The number of aromatic nitrogens is 3. The first-order valence-electron chi connectivity index (χ1n) is 9.72. The predicted molar refractivity (Wildman–Crippen MR) is 102 cm³/mol. The molecular formula is C20H27N5O2. The van der Waals surface area contributed by atoms with Crippen LogP contribution < -0.4 is 5.32 Å². The Kier molecular flexibility index (Phi) is 5.38. The molecule has 1 saturated carbocycles. The van der Waals surface area contributed by atoms with E-state index in [-0.39, 0.29) is 17.9 Å². The van der Waals surface area contributed by atoms with Gasteiger partial charge in [-0.1, -0.05) is 30.3 Å². The molecule has 2 N–H and O–H groups in total. The van der Waals surface area contributed by atoms with E-state index in [0.29, 0.717) is 32.2 Å². The van der Waals surface area contributed by atoms with Crippen molar-refractivity contribution in [1.29, 1.82) is 0 Å². The van der Waals surface area contributed by atoms with Crippen molar-refractivity contribution in [3.8, 4) is 0 Å². The predicted octanol–water partition coefficient (Wildman–Crippen LogP) is 2.30. The number of ether oxygens (including phenoxy) is 1. The van der Waals surface area contributed by atoms with E-state index in [0.717, 1.165) is 18.1 Å². The minimum atomic E-state index is -0.0172. The first-order valence-corrected chi connectivity index (χ1v) is 9.72. The summed E-state index contributed by atoms with van der Waals surface area (Å²) in [5.41, 5.74) is 1.23. The topological polar surface area (TPSA) is 83.1 Å². The average Bonchev–Trinajstić information content (AvgIpc) is 3.26. The molecule has 1 aromatic carbocycles. The van der Waals surface area contributed by atoms with Crippen LogP contribution >= 0.6 is 0 Å². The summed E-state index contributed by atoms with van der Waals surface area (Å²) in [4.78, 5) is 19.2. The largest absolute Gasteiger partial charge is 0.384 e. The third kappa shape index (κ3) is 4.30. The van der Waals surface area contributed by atoms with Gasteiger partial charge in [0.1, 0.15) is 5.82 Å². The standard InChI is InChI=1S/C20H27N5O2/c1-27-13-16-11-25(20(26)21-10-9-14-5-3-2-4-6-14)12-17(16)19-22-18(23-24-19)15-7-8-15/h2-6,15-17H,7-13H2,1H3,(H,21,26)(H,22,23,24)/t16-,17+/m0/s1. The van der Waals surface area contributed by atoms with Crippen LogP contribution in [-0.2, 0) is 11.2 Å². The molecule has 1 aromatic heterocycles. The summed E-state index contributed by atoms with van der Waals surface area (Å²) < 4.78 is 5.39. The van der Waals surface area contributed by atoms with Gasteiger partial charge < -0.3 is 15.0 Å². The quantitative estimate of drug-likeness (QED) is 0.784. The zero-order valence-corrected chi connectivity index (χ0v) is 15.7. The van der Waals surface area contributed by atoms with E-state index in [4.69, 9.17) is 9.72 Å². The summed E-state index contributed by atoms with van der Waals surface area (Å²) in [5.74, 6) is 2.71. The first-order chi connectivity index (χ1) is 13.2. The Hall–Kier alpha value is -2.41. The molecule has 2 heterocycles. The van der Waals surface area contributed by atoms with E-state index in [1.54, 1.807) is 7.11 Å². The van der Waals surface area contributed by atoms with Crippen LogP contribution in [0.25, 0.3) is 0 Å². The van der Waals surface area contributed by atoms with Crippen molar-refractivity contribution >= 4 is 6.03 Å². The van der Waals surface area contributed by atoms with Crippen molar-refractivity contribution in [1.82, 2.24) is 25.4 Å². The molecule has 27 heavy (non-hydrogen) atoms. The Morgan fingerprint density at radius 3 is 2.85 bits per heavy atom. The average molecular weight is 369 g/mol. The Morgan fingerprint density at radius 2 is 2.11 bits per heavy atom. The van der Waals surface area contributed by atoms with Crippen LogP contribution in [0.3, 0.4) is 0 Å². The molecule has 2 aromatic rings. The fourth-order valence-electron chi connectivity index (χ4n) is 3.78. The summed E-state index contributed by atoms with van der Waals surface area (Å²) in [6.45, 7) is 2.56. The second-order valence-corrected chi connectivity index (χ2v) is 7.55. The Labute approximate surface area is 159 Å². The van der Waals surface area contributed by atoms with Crippen LogP contribution in [-0.4, -0.2) is 59.5 Å². The number of nitrogens with one attached hydrogen (secondary N) is 2. The number of likely N-dealkylation sites (tertiary alicyclic amines) is 1. The van der Waals surface area contributed by atoms with E-state index in [9.17, 15) is 4.79 Å². The molecule has 4 rings (SSSR count). The highest BCUT2D eigenvalue weighted by Gasteiger charge is 2.39. The van der Waals surface area contributed by atoms with Crippen molar-refractivity contribution in [2.45, 2.75) is 31.1 Å². The molecule has 1 aliphatic heterocycles. The van der Waals surface area contributed by atoms with Crippen LogP contribution in [0, 0.1) is 5.92 Å². The number of urea groups is 1. The summed E-state index contributed by atoms with van der Waals surface area (Å²) in [6, 6.07) is 10.2. The maximum atomic E-state index is 12.6. The molecule has 0 radical (unpaired) electrons. The van der Waals surface area contributed by atoms with Gasteiger partial charge in [-0.05, 0) is 24.8 Å². The van der Waals surface area contributed by atoms with Gasteiger partial charge in [0.25, 0.3) is 0 Å². The maximum absolute atomic E-state index is 12.6. The van der Waals surface area contributed by atoms with Crippen molar-refractivity contribution < 1.29 is 9.53 Å². The molecule has 2 fully saturated rings. The molecule has 2 aliphatic rings. The van der Waals surface area contributed by atoms with Crippen molar-refractivity contribution in [2.24, 2.45) is 5.92 Å². The number of benzene rings is 1. The molecule has 0 unspecified atom stereocenters. The highest BCUT2D eigenvalue weighted by molar-refractivity contribution is 5.74. The normalized spacial score (nSPS) is 22.2.